The minimum absolute atomic E-state index is 0.00185. The lowest BCUT2D eigenvalue weighted by atomic mass is 9.85. The molecule has 1 saturated heterocycles. The topological polar surface area (TPSA) is 113 Å². The van der Waals surface area contributed by atoms with Crippen LogP contribution in [0.25, 0.3) is 0 Å². The van der Waals surface area contributed by atoms with Crippen LogP contribution in [0.4, 0.5) is 5.69 Å². The molecule has 1 heterocycles. The van der Waals surface area contributed by atoms with Crippen molar-refractivity contribution in [3.63, 3.8) is 0 Å². The van der Waals surface area contributed by atoms with Crippen LogP contribution in [-0.4, -0.2) is 61.6 Å². The first kappa shape index (κ1) is 24.9. The Kier molecular flexibility index (Phi) is 7.91. The number of imide groups is 1. The Morgan fingerprint density at radius 2 is 1.70 bits per heavy atom. The van der Waals surface area contributed by atoms with Gasteiger partial charge in [0.25, 0.3) is 0 Å². The maximum atomic E-state index is 13.1. The summed E-state index contributed by atoms with van der Waals surface area (Å²) in [5.74, 6) is -1.31. The summed E-state index contributed by atoms with van der Waals surface area (Å²) in [6, 6.07) is 4.46. The molecule has 2 unspecified atom stereocenters. The van der Waals surface area contributed by atoms with E-state index >= 15 is 0 Å². The number of benzene rings is 1. The van der Waals surface area contributed by atoms with E-state index in [1.165, 1.54) is 21.3 Å². The number of carbonyl (C=O) groups excluding carboxylic acids is 3. The highest BCUT2D eigenvalue weighted by atomic mass is 32.2. The minimum Gasteiger partial charge on any atom is -0.492 e. The summed E-state index contributed by atoms with van der Waals surface area (Å²) in [5, 5.41) is 2.68. The number of nitrogens with zero attached hydrogens (tertiary/aromatic N) is 2. The molecular weight excluding hydrogens is 446 g/mol. The Bertz CT molecular complexity index is 1020. The first-order valence-corrected chi connectivity index (χ1v) is 12.8. The van der Waals surface area contributed by atoms with Crippen molar-refractivity contribution in [2.45, 2.75) is 44.9 Å². The Morgan fingerprint density at radius 1 is 1.09 bits per heavy atom. The number of hydrogen-bond donors (Lipinski definition) is 1. The molecular formula is C23H31N3O6S. The second-order valence-corrected chi connectivity index (χ2v) is 9.87. The normalized spacial score (nSPS) is 20.3. The molecule has 1 aliphatic heterocycles. The van der Waals surface area contributed by atoms with Crippen LogP contribution in [0, 0.1) is 11.8 Å². The first-order chi connectivity index (χ1) is 15.7. The molecule has 0 aromatic heterocycles. The third-order valence-corrected chi connectivity index (χ3v) is 8.08. The Balaban J connectivity index is 1.71. The average molecular weight is 478 g/mol. The van der Waals surface area contributed by atoms with Crippen LogP contribution in [0.15, 0.2) is 35.2 Å². The Hall–Kier alpha value is -2.72. The molecule has 33 heavy (non-hydrogen) atoms. The number of anilines is 1. The zero-order valence-corrected chi connectivity index (χ0v) is 20.1. The number of rotatable bonds is 10. The number of amides is 3. The summed E-state index contributed by atoms with van der Waals surface area (Å²) in [5.41, 5.74) is 0.297. The average Bonchev–Trinajstić information content (AvgIpc) is 3.04. The van der Waals surface area contributed by atoms with E-state index in [0.717, 1.165) is 0 Å². The molecule has 1 aromatic carbocycles. The van der Waals surface area contributed by atoms with Gasteiger partial charge in [0, 0.05) is 31.7 Å². The van der Waals surface area contributed by atoms with Gasteiger partial charge in [0.15, 0.2) is 0 Å². The van der Waals surface area contributed by atoms with Gasteiger partial charge in [-0.3, -0.25) is 19.3 Å². The van der Waals surface area contributed by atoms with Gasteiger partial charge < -0.3 is 10.1 Å². The van der Waals surface area contributed by atoms with Gasteiger partial charge in [0.2, 0.25) is 27.7 Å². The molecule has 1 aromatic rings. The lowest BCUT2D eigenvalue weighted by molar-refractivity contribution is -0.140. The van der Waals surface area contributed by atoms with Crippen molar-refractivity contribution >= 4 is 33.4 Å². The predicted molar refractivity (Wildman–Crippen MR) is 123 cm³/mol. The summed E-state index contributed by atoms with van der Waals surface area (Å²) < 4.78 is 33.0. The van der Waals surface area contributed by atoms with Crippen LogP contribution >= 0.6 is 0 Å². The summed E-state index contributed by atoms with van der Waals surface area (Å²) in [6.45, 7) is 6.16. The lowest BCUT2D eigenvalue weighted by Crippen LogP contribution is -2.34. The molecule has 2 aliphatic rings. The van der Waals surface area contributed by atoms with E-state index in [0.29, 0.717) is 38.2 Å². The van der Waals surface area contributed by atoms with Crippen molar-refractivity contribution in [2.75, 3.05) is 31.6 Å². The third kappa shape index (κ3) is 5.11. The minimum atomic E-state index is -3.81. The van der Waals surface area contributed by atoms with E-state index in [1.54, 1.807) is 26.8 Å². The van der Waals surface area contributed by atoms with Crippen molar-refractivity contribution < 1.29 is 27.5 Å². The molecule has 1 aliphatic carbocycles. The van der Waals surface area contributed by atoms with Gasteiger partial charge in [-0.15, -0.1) is 0 Å². The van der Waals surface area contributed by atoms with Gasteiger partial charge in [-0.2, -0.15) is 4.31 Å². The fraction of sp³-hybridized carbons (Fsp3) is 0.522. The van der Waals surface area contributed by atoms with E-state index in [1.807, 2.05) is 12.2 Å². The third-order valence-electron chi connectivity index (χ3n) is 6.01. The van der Waals surface area contributed by atoms with Crippen LogP contribution < -0.4 is 10.1 Å². The second kappa shape index (κ2) is 10.5. The Morgan fingerprint density at radius 3 is 2.24 bits per heavy atom. The molecule has 9 nitrogen and oxygen atoms in total. The predicted octanol–water partition coefficient (Wildman–Crippen LogP) is 2.40. The fourth-order valence-electron chi connectivity index (χ4n) is 4.29. The molecule has 0 spiro atoms. The highest BCUT2D eigenvalue weighted by Gasteiger charge is 2.46. The summed E-state index contributed by atoms with van der Waals surface area (Å²) in [7, 11) is -3.81. The van der Waals surface area contributed by atoms with E-state index in [9.17, 15) is 22.8 Å². The molecule has 2 atom stereocenters. The van der Waals surface area contributed by atoms with Gasteiger partial charge in [-0.1, -0.05) is 26.0 Å². The largest absolute Gasteiger partial charge is 0.492 e. The molecule has 3 rings (SSSR count). The molecule has 3 amide bonds. The van der Waals surface area contributed by atoms with Crippen LogP contribution in [0.3, 0.4) is 0 Å². The van der Waals surface area contributed by atoms with Crippen molar-refractivity contribution in [3.05, 3.63) is 30.4 Å². The zero-order chi connectivity index (χ0) is 24.2. The van der Waals surface area contributed by atoms with Gasteiger partial charge in [0.05, 0.1) is 18.4 Å². The van der Waals surface area contributed by atoms with Crippen LogP contribution in [-0.2, 0) is 24.4 Å². The fourth-order valence-corrected chi connectivity index (χ4v) is 5.91. The molecule has 180 valence electrons. The molecule has 0 radical (unpaired) electrons. The molecule has 1 fully saturated rings. The van der Waals surface area contributed by atoms with Gasteiger partial charge in [0.1, 0.15) is 10.6 Å². The highest BCUT2D eigenvalue weighted by Crippen LogP contribution is 2.35. The molecule has 0 saturated carbocycles. The monoisotopic (exact) mass is 477 g/mol. The lowest BCUT2D eigenvalue weighted by Gasteiger charge is -2.21. The van der Waals surface area contributed by atoms with Crippen LogP contribution in [0.1, 0.15) is 40.0 Å². The van der Waals surface area contributed by atoms with Crippen LogP contribution in [0.2, 0.25) is 0 Å². The maximum absolute atomic E-state index is 13.1. The summed E-state index contributed by atoms with van der Waals surface area (Å²) in [6.07, 6.45) is 4.86. The van der Waals surface area contributed by atoms with E-state index < -0.39 is 15.9 Å². The quantitative estimate of drug-likeness (QED) is 0.409. The number of ether oxygens (including phenoxy) is 1. The SMILES string of the molecule is CCOc1ccc(NC(=O)CCN2C(=O)C3CC=CCC3C2=O)cc1S(=O)(=O)N(CC)CC. The number of hydrogen-bond acceptors (Lipinski definition) is 6. The maximum Gasteiger partial charge on any atom is 0.246 e. The summed E-state index contributed by atoms with van der Waals surface area (Å²) >= 11 is 0. The Labute approximate surface area is 194 Å². The van der Waals surface area contributed by atoms with E-state index in [2.05, 4.69) is 5.32 Å². The standard InChI is InChI=1S/C23H31N3O6S/c1-4-25(5-2)33(30,31)20-15-16(11-12-19(20)32-6-3)24-21(27)13-14-26-22(28)17-9-7-8-10-18(17)23(26)29/h7-8,11-12,15,17-18H,4-6,9-10,13-14H2,1-3H3,(H,24,27). The molecule has 0 bridgehead atoms. The highest BCUT2D eigenvalue weighted by molar-refractivity contribution is 7.89. The van der Waals surface area contributed by atoms with Gasteiger partial charge in [-0.05, 0) is 38.0 Å². The van der Waals surface area contributed by atoms with Gasteiger partial charge in [-0.25, -0.2) is 8.42 Å². The van der Waals surface area contributed by atoms with Gasteiger partial charge >= 0.3 is 0 Å². The van der Waals surface area contributed by atoms with Crippen molar-refractivity contribution in [3.8, 4) is 5.75 Å². The van der Waals surface area contributed by atoms with Crippen molar-refractivity contribution in [1.29, 1.82) is 0 Å². The smallest absolute Gasteiger partial charge is 0.246 e. The number of fused-ring (bicyclic) bond motifs is 1. The zero-order valence-electron chi connectivity index (χ0n) is 19.2. The van der Waals surface area contributed by atoms with E-state index in [4.69, 9.17) is 4.74 Å². The molecule has 1 N–H and O–H groups in total. The van der Waals surface area contributed by atoms with E-state index in [-0.39, 0.29) is 47.3 Å². The number of likely N-dealkylation sites (tertiary alicyclic amines) is 1. The number of sulfonamides is 1. The number of carbonyl (C=O) groups is 3. The summed E-state index contributed by atoms with van der Waals surface area (Å²) in [4.78, 5) is 38.8. The first-order valence-electron chi connectivity index (χ1n) is 11.3. The van der Waals surface area contributed by atoms with Crippen molar-refractivity contribution in [2.24, 2.45) is 11.8 Å². The number of allylic oxidation sites excluding steroid dienone is 2. The molecule has 10 heteroatoms. The number of nitrogens with one attached hydrogen (secondary N) is 1. The van der Waals surface area contributed by atoms with Crippen molar-refractivity contribution in [1.82, 2.24) is 9.21 Å². The second-order valence-electron chi connectivity index (χ2n) is 7.97. The van der Waals surface area contributed by atoms with Crippen LogP contribution in [0.5, 0.6) is 5.75 Å².